The maximum atomic E-state index is 11.9. The number of Topliss-reactive ketones (excluding diaryl/α,β-unsaturated/α-hetero) is 1. The number of rotatable bonds is 8. The van der Waals surface area contributed by atoms with E-state index in [2.05, 4.69) is 5.32 Å². The molecule has 1 heterocycles. The third-order valence-corrected chi connectivity index (χ3v) is 3.77. The molecule has 0 aliphatic carbocycles. The topological polar surface area (TPSA) is 66.5 Å². The van der Waals surface area contributed by atoms with Crippen molar-refractivity contribution in [3.05, 3.63) is 35.9 Å². The van der Waals surface area contributed by atoms with E-state index in [-0.39, 0.29) is 30.4 Å². The number of benzene rings is 1. The largest absolute Gasteiger partial charge is 0.356 e. The SMILES string of the molecule is O=C(CCC(=O)c1ccccc1)NCCCN1CCCC1=O. The molecule has 0 atom stereocenters. The number of hydrogen-bond acceptors (Lipinski definition) is 3. The maximum absolute atomic E-state index is 11.9. The molecule has 118 valence electrons. The molecule has 1 aromatic rings. The third kappa shape index (κ3) is 4.98. The zero-order valence-corrected chi connectivity index (χ0v) is 12.7. The summed E-state index contributed by atoms with van der Waals surface area (Å²) in [5.74, 6) is 0.0789. The number of nitrogens with one attached hydrogen (secondary N) is 1. The highest BCUT2D eigenvalue weighted by molar-refractivity contribution is 5.97. The predicted octanol–water partition coefficient (Wildman–Crippen LogP) is 1.78. The molecule has 1 N–H and O–H groups in total. The second-order valence-corrected chi connectivity index (χ2v) is 5.48. The molecule has 1 fully saturated rings. The van der Waals surface area contributed by atoms with Gasteiger partial charge in [0.1, 0.15) is 0 Å². The van der Waals surface area contributed by atoms with E-state index in [1.54, 1.807) is 12.1 Å². The van der Waals surface area contributed by atoms with Crippen molar-refractivity contribution in [2.75, 3.05) is 19.6 Å². The quantitative estimate of drug-likeness (QED) is 0.588. The Morgan fingerprint density at radius 3 is 2.59 bits per heavy atom. The minimum atomic E-state index is -0.114. The Labute approximate surface area is 130 Å². The lowest BCUT2D eigenvalue weighted by atomic mass is 10.1. The predicted molar refractivity (Wildman–Crippen MR) is 83.4 cm³/mol. The monoisotopic (exact) mass is 302 g/mol. The summed E-state index contributed by atoms with van der Waals surface area (Å²) in [6.45, 7) is 2.07. The van der Waals surface area contributed by atoms with Crippen LogP contribution in [0.5, 0.6) is 0 Å². The molecule has 0 radical (unpaired) electrons. The number of carbonyl (C=O) groups is 3. The van der Waals surface area contributed by atoms with Gasteiger partial charge in [-0.2, -0.15) is 0 Å². The molecule has 5 nitrogen and oxygen atoms in total. The second-order valence-electron chi connectivity index (χ2n) is 5.48. The van der Waals surface area contributed by atoms with E-state index >= 15 is 0 Å². The van der Waals surface area contributed by atoms with Gasteiger partial charge < -0.3 is 10.2 Å². The van der Waals surface area contributed by atoms with Gasteiger partial charge in [-0.05, 0) is 12.8 Å². The van der Waals surface area contributed by atoms with Crippen molar-refractivity contribution in [3.8, 4) is 0 Å². The van der Waals surface area contributed by atoms with Crippen molar-refractivity contribution < 1.29 is 14.4 Å². The van der Waals surface area contributed by atoms with Crippen LogP contribution in [0.2, 0.25) is 0 Å². The van der Waals surface area contributed by atoms with E-state index in [4.69, 9.17) is 0 Å². The second kappa shape index (κ2) is 8.32. The van der Waals surface area contributed by atoms with Gasteiger partial charge in [0.2, 0.25) is 11.8 Å². The highest BCUT2D eigenvalue weighted by Crippen LogP contribution is 2.09. The zero-order chi connectivity index (χ0) is 15.8. The summed E-state index contributed by atoms with van der Waals surface area (Å²) in [6, 6.07) is 9.00. The lowest BCUT2D eigenvalue weighted by Gasteiger charge is -2.15. The molecule has 0 saturated carbocycles. The van der Waals surface area contributed by atoms with Gasteiger partial charge in [-0.15, -0.1) is 0 Å². The standard InChI is InChI=1S/C17H22N2O3/c20-15(14-6-2-1-3-7-14)9-10-16(21)18-11-5-13-19-12-4-8-17(19)22/h1-3,6-7H,4-5,8-13H2,(H,18,21). The van der Waals surface area contributed by atoms with Crippen LogP contribution in [-0.4, -0.2) is 42.1 Å². The third-order valence-electron chi connectivity index (χ3n) is 3.77. The first-order valence-electron chi connectivity index (χ1n) is 7.79. The van der Waals surface area contributed by atoms with E-state index in [1.165, 1.54) is 0 Å². The van der Waals surface area contributed by atoms with Crippen LogP contribution < -0.4 is 5.32 Å². The molecule has 5 heteroatoms. The van der Waals surface area contributed by atoms with Crippen LogP contribution in [0.15, 0.2) is 30.3 Å². The molecule has 0 spiro atoms. The van der Waals surface area contributed by atoms with Crippen LogP contribution in [0.25, 0.3) is 0 Å². The van der Waals surface area contributed by atoms with E-state index < -0.39 is 0 Å². The maximum Gasteiger partial charge on any atom is 0.222 e. The van der Waals surface area contributed by atoms with Gasteiger partial charge in [-0.25, -0.2) is 0 Å². The van der Waals surface area contributed by atoms with Crippen molar-refractivity contribution >= 4 is 17.6 Å². The van der Waals surface area contributed by atoms with E-state index in [0.717, 1.165) is 19.4 Å². The van der Waals surface area contributed by atoms with Crippen LogP contribution in [0.1, 0.15) is 42.5 Å². The molecule has 0 aromatic heterocycles. The number of hydrogen-bond donors (Lipinski definition) is 1. The van der Waals surface area contributed by atoms with Crippen molar-refractivity contribution in [2.45, 2.75) is 32.1 Å². The number of carbonyl (C=O) groups excluding carboxylic acids is 3. The van der Waals surface area contributed by atoms with E-state index in [1.807, 2.05) is 23.1 Å². The van der Waals surface area contributed by atoms with Crippen LogP contribution >= 0.6 is 0 Å². The van der Waals surface area contributed by atoms with Crippen LogP contribution in [0.3, 0.4) is 0 Å². The zero-order valence-electron chi connectivity index (χ0n) is 12.7. The molecular formula is C17H22N2O3. The van der Waals surface area contributed by atoms with Crippen molar-refractivity contribution in [1.29, 1.82) is 0 Å². The number of nitrogens with zero attached hydrogens (tertiary/aromatic N) is 1. The minimum absolute atomic E-state index is 0.0154. The Hall–Kier alpha value is -2.17. The van der Waals surface area contributed by atoms with Gasteiger partial charge >= 0.3 is 0 Å². The normalized spacial score (nSPS) is 14.2. The fourth-order valence-electron chi connectivity index (χ4n) is 2.52. The first-order valence-corrected chi connectivity index (χ1v) is 7.79. The number of likely N-dealkylation sites (tertiary alicyclic amines) is 1. The molecule has 1 aliphatic heterocycles. The molecule has 1 aliphatic rings. The Morgan fingerprint density at radius 1 is 1.14 bits per heavy atom. The van der Waals surface area contributed by atoms with Gasteiger partial charge in [0.05, 0.1) is 0 Å². The Balaban J connectivity index is 1.58. The minimum Gasteiger partial charge on any atom is -0.356 e. The molecule has 2 rings (SSSR count). The first kappa shape index (κ1) is 16.2. The first-order chi connectivity index (χ1) is 10.7. The molecule has 0 unspecified atom stereocenters. The van der Waals surface area contributed by atoms with Crippen molar-refractivity contribution in [1.82, 2.24) is 10.2 Å². The van der Waals surface area contributed by atoms with Crippen molar-refractivity contribution in [3.63, 3.8) is 0 Å². The van der Waals surface area contributed by atoms with Gasteiger partial charge in [0.25, 0.3) is 0 Å². The highest BCUT2D eigenvalue weighted by atomic mass is 16.2. The Morgan fingerprint density at radius 2 is 1.91 bits per heavy atom. The Kier molecular flexibility index (Phi) is 6.13. The summed E-state index contributed by atoms with van der Waals surface area (Å²) in [4.78, 5) is 36.8. The summed E-state index contributed by atoms with van der Waals surface area (Å²) >= 11 is 0. The number of amides is 2. The summed E-state index contributed by atoms with van der Waals surface area (Å²) in [5.41, 5.74) is 0.642. The molecular weight excluding hydrogens is 280 g/mol. The fourth-order valence-corrected chi connectivity index (χ4v) is 2.52. The summed E-state index contributed by atoms with van der Waals surface area (Å²) in [6.07, 6.45) is 2.77. The van der Waals surface area contributed by atoms with Crippen molar-refractivity contribution in [2.24, 2.45) is 0 Å². The summed E-state index contributed by atoms with van der Waals surface area (Å²) < 4.78 is 0. The molecule has 2 amide bonds. The molecule has 1 saturated heterocycles. The van der Waals surface area contributed by atoms with E-state index in [0.29, 0.717) is 25.1 Å². The summed E-state index contributed by atoms with van der Waals surface area (Å²) in [7, 11) is 0. The molecule has 1 aromatic carbocycles. The van der Waals surface area contributed by atoms with Gasteiger partial charge in [0.15, 0.2) is 5.78 Å². The Bertz CT molecular complexity index is 528. The highest BCUT2D eigenvalue weighted by Gasteiger charge is 2.19. The van der Waals surface area contributed by atoms with Gasteiger partial charge in [0, 0.05) is 44.5 Å². The van der Waals surface area contributed by atoms with Gasteiger partial charge in [-0.1, -0.05) is 30.3 Å². The van der Waals surface area contributed by atoms with Crippen LogP contribution in [0.4, 0.5) is 0 Å². The van der Waals surface area contributed by atoms with Crippen LogP contribution in [-0.2, 0) is 9.59 Å². The average Bonchev–Trinajstić information content (AvgIpc) is 2.95. The lowest BCUT2D eigenvalue weighted by Crippen LogP contribution is -2.30. The average molecular weight is 302 g/mol. The lowest BCUT2D eigenvalue weighted by molar-refractivity contribution is -0.127. The molecule has 0 bridgehead atoms. The molecule has 22 heavy (non-hydrogen) atoms. The smallest absolute Gasteiger partial charge is 0.222 e. The van der Waals surface area contributed by atoms with Gasteiger partial charge in [-0.3, -0.25) is 14.4 Å². The van der Waals surface area contributed by atoms with E-state index in [9.17, 15) is 14.4 Å². The van der Waals surface area contributed by atoms with Crippen LogP contribution in [0, 0.1) is 0 Å². The summed E-state index contributed by atoms with van der Waals surface area (Å²) in [5, 5.41) is 2.80. The number of ketones is 1. The fraction of sp³-hybridized carbons (Fsp3) is 0.471.